The molecule has 150 valence electrons. The van der Waals surface area contributed by atoms with Gasteiger partial charge in [-0.15, -0.1) is 0 Å². The molecule has 2 aromatic rings. The van der Waals surface area contributed by atoms with Crippen LogP contribution in [0.25, 0.3) is 0 Å². The summed E-state index contributed by atoms with van der Waals surface area (Å²) in [5.41, 5.74) is 0.972. The molecule has 6 nitrogen and oxygen atoms in total. The lowest BCUT2D eigenvalue weighted by Gasteiger charge is -2.26. The largest absolute Gasteiger partial charge is 0.393 e. The third-order valence-electron chi connectivity index (χ3n) is 4.87. The predicted molar refractivity (Wildman–Crippen MR) is 104 cm³/mol. The highest BCUT2D eigenvalue weighted by Gasteiger charge is 2.23. The second-order valence-corrected chi connectivity index (χ2v) is 8.72. The summed E-state index contributed by atoms with van der Waals surface area (Å²) < 4.78 is 40.9. The Morgan fingerprint density at radius 1 is 1.07 bits per heavy atom. The van der Waals surface area contributed by atoms with Gasteiger partial charge in [0.05, 0.1) is 11.0 Å². The van der Waals surface area contributed by atoms with Gasteiger partial charge in [0.2, 0.25) is 0 Å². The minimum atomic E-state index is -3.94. The summed E-state index contributed by atoms with van der Waals surface area (Å²) in [4.78, 5) is 12.5. The van der Waals surface area contributed by atoms with Crippen molar-refractivity contribution in [3.8, 4) is 0 Å². The van der Waals surface area contributed by atoms with Crippen molar-refractivity contribution in [2.24, 2.45) is 0 Å². The minimum absolute atomic E-state index is 0.0106. The zero-order valence-corrected chi connectivity index (χ0v) is 16.3. The second kappa shape index (κ2) is 8.28. The molecular weight excluding hydrogens is 383 g/mol. The van der Waals surface area contributed by atoms with E-state index in [1.54, 1.807) is 19.1 Å². The molecule has 8 heteroatoms. The Hall–Kier alpha value is -2.45. The predicted octanol–water partition coefficient (Wildman–Crippen LogP) is 2.97. The van der Waals surface area contributed by atoms with Crippen molar-refractivity contribution < 1.29 is 22.7 Å². The van der Waals surface area contributed by atoms with Crippen LogP contribution in [0.4, 0.5) is 10.1 Å². The van der Waals surface area contributed by atoms with Gasteiger partial charge in [0.25, 0.3) is 15.9 Å². The molecule has 0 unspecified atom stereocenters. The molecule has 1 fully saturated rings. The van der Waals surface area contributed by atoms with Gasteiger partial charge in [0.1, 0.15) is 5.82 Å². The van der Waals surface area contributed by atoms with E-state index in [-0.39, 0.29) is 34.2 Å². The quantitative estimate of drug-likeness (QED) is 0.711. The van der Waals surface area contributed by atoms with Crippen molar-refractivity contribution in [1.29, 1.82) is 0 Å². The Kier molecular flexibility index (Phi) is 6.00. The normalized spacial score (nSPS) is 19.8. The van der Waals surface area contributed by atoms with Gasteiger partial charge < -0.3 is 10.4 Å². The topological polar surface area (TPSA) is 95.5 Å². The molecule has 1 amide bonds. The van der Waals surface area contributed by atoms with Crippen LogP contribution in [-0.2, 0) is 10.0 Å². The van der Waals surface area contributed by atoms with Crippen molar-refractivity contribution in [1.82, 2.24) is 5.32 Å². The summed E-state index contributed by atoms with van der Waals surface area (Å²) >= 11 is 0. The maximum atomic E-state index is 13.0. The average Bonchev–Trinajstić information content (AvgIpc) is 2.65. The summed E-state index contributed by atoms with van der Waals surface area (Å²) in [6, 6.07) is 9.46. The van der Waals surface area contributed by atoms with Crippen LogP contribution >= 0.6 is 0 Å². The fourth-order valence-electron chi connectivity index (χ4n) is 3.25. The highest BCUT2D eigenvalue weighted by atomic mass is 32.2. The van der Waals surface area contributed by atoms with E-state index in [1.165, 1.54) is 18.2 Å². The van der Waals surface area contributed by atoms with Crippen LogP contribution in [-0.4, -0.2) is 31.6 Å². The smallest absolute Gasteiger partial charge is 0.262 e. The number of anilines is 1. The van der Waals surface area contributed by atoms with Crippen LogP contribution in [0.15, 0.2) is 47.4 Å². The van der Waals surface area contributed by atoms with E-state index in [1.807, 2.05) is 0 Å². The van der Waals surface area contributed by atoms with E-state index in [9.17, 15) is 22.7 Å². The fourth-order valence-corrected chi connectivity index (χ4v) is 4.58. The maximum Gasteiger partial charge on any atom is 0.262 e. The maximum absolute atomic E-state index is 13.0. The molecule has 0 bridgehead atoms. The lowest BCUT2D eigenvalue weighted by molar-refractivity contribution is 0.0867. The number of benzene rings is 2. The molecule has 0 atom stereocenters. The van der Waals surface area contributed by atoms with Gasteiger partial charge in [0.15, 0.2) is 0 Å². The molecule has 1 aliphatic rings. The first-order valence-electron chi connectivity index (χ1n) is 9.12. The first-order valence-corrected chi connectivity index (χ1v) is 10.6. The van der Waals surface area contributed by atoms with E-state index in [0.717, 1.165) is 12.1 Å². The number of carbonyl (C=O) groups is 1. The molecule has 3 N–H and O–H groups in total. The van der Waals surface area contributed by atoms with Gasteiger partial charge in [-0.05, 0) is 74.6 Å². The number of aryl methyl sites for hydroxylation is 1. The first-order chi connectivity index (χ1) is 13.2. The molecule has 28 heavy (non-hydrogen) atoms. The number of aliphatic hydroxyl groups is 1. The van der Waals surface area contributed by atoms with Gasteiger partial charge in [-0.2, -0.15) is 0 Å². The second-order valence-electron chi connectivity index (χ2n) is 7.07. The average molecular weight is 406 g/mol. The summed E-state index contributed by atoms with van der Waals surface area (Å²) in [6.45, 7) is 1.64. The number of nitrogens with one attached hydrogen (secondary N) is 2. The number of sulfonamides is 1. The molecule has 0 saturated heterocycles. The van der Waals surface area contributed by atoms with Gasteiger partial charge in [-0.1, -0.05) is 6.07 Å². The molecule has 0 heterocycles. The number of amides is 1. The van der Waals surface area contributed by atoms with E-state index >= 15 is 0 Å². The monoisotopic (exact) mass is 406 g/mol. The zero-order valence-electron chi connectivity index (χ0n) is 15.5. The van der Waals surface area contributed by atoms with Gasteiger partial charge in [0, 0.05) is 17.3 Å². The molecule has 1 saturated carbocycles. The summed E-state index contributed by atoms with van der Waals surface area (Å²) in [7, 11) is -3.94. The van der Waals surface area contributed by atoms with Crippen molar-refractivity contribution >= 4 is 21.6 Å². The molecule has 0 radical (unpaired) electrons. The van der Waals surface area contributed by atoms with Gasteiger partial charge in [-0.3, -0.25) is 9.52 Å². The fraction of sp³-hybridized carbons (Fsp3) is 0.350. The van der Waals surface area contributed by atoms with Crippen molar-refractivity contribution in [2.45, 2.75) is 49.6 Å². The van der Waals surface area contributed by atoms with Crippen LogP contribution < -0.4 is 10.0 Å². The molecule has 0 aromatic heterocycles. The Morgan fingerprint density at radius 2 is 1.71 bits per heavy atom. The summed E-state index contributed by atoms with van der Waals surface area (Å²) in [5, 5.41) is 12.5. The zero-order chi connectivity index (χ0) is 20.3. The Morgan fingerprint density at radius 3 is 2.36 bits per heavy atom. The number of rotatable bonds is 5. The van der Waals surface area contributed by atoms with Crippen LogP contribution in [0.1, 0.15) is 41.6 Å². The molecule has 0 aliphatic heterocycles. The SMILES string of the molecule is Cc1ccc(C(=O)NC2CCC(O)CC2)cc1S(=O)(=O)Nc1ccc(F)cc1. The number of hydrogen-bond donors (Lipinski definition) is 3. The molecule has 3 rings (SSSR count). The van der Waals surface area contributed by atoms with E-state index in [4.69, 9.17) is 0 Å². The molecule has 1 aliphatic carbocycles. The van der Waals surface area contributed by atoms with Crippen LogP contribution in [0, 0.1) is 12.7 Å². The number of aliphatic hydroxyl groups excluding tert-OH is 1. The van der Waals surface area contributed by atoms with Crippen molar-refractivity contribution in [3.05, 3.63) is 59.4 Å². The highest BCUT2D eigenvalue weighted by molar-refractivity contribution is 7.92. The van der Waals surface area contributed by atoms with Crippen molar-refractivity contribution in [2.75, 3.05) is 4.72 Å². The van der Waals surface area contributed by atoms with Gasteiger partial charge >= 0.3 is 0 Å². The van der Waals surface area contributed by atoms with E-state index in [0.29, 0.717) is 31.2 Å². The standard InChI is InChI=1S/C20H23FN2O4S/c1-13-2-3-14(20(25)22-16-8-10-18(24)11-9-16)12-19(13)28(26,27)23-17-6-4-15(21)5-7-17/h2-7,12,16,18,23-24H,8-11H2,1H3,(H,22,25). The summed E-state index contributed by atoms with van der Waals surface area (Å²) in [6.07, 6.45) is 2.34. The van der Waals surface area contributed by atoms with Crippen molar-refractivity contribution in [3.63, 3.8) is 0 Å². The lowest BCUT2D eigenvalue weighted by atomic mass is 9.93. The first kappa shape index (κ1) is 20.3. The third kappa shape index (κ3) is 4.88. The van der Waals surface area contributed by atoms with E-state index in [2.05, 4.69) is 10.0 Å². The number of halogens is 1. The third-order valence-corrected chi connectivity index (χ3v) is 6.39. The van der Waals surface area contributed by atoms with Crippen LogP contribution in [0.2, 0.25) is 0 Å². The van der Waals surface area contributed by atoms with Crippen LogP contribution in [0.3, 0.4) is 0 Å². The Balaban J connectivity index is 1.78. The number of hydrogen-bond acceptors (Lipinski definition) is 4. The number of carbonyl (C=O) groups excluding carboxylic acids is 1. The molecular formula is C20H23FN2O4S. The molecule has 0 spiro atoms. The van der Waals surface area contributed by atoms with E-state index < -0.39 is 15.8 Å². The summed E-state index contributed by atoms with van der Waals surface area (Å²) in [5.74, 6) is -0.812. The Labute approximate surface area is 163 Å². The molecule has 2 aromatic carbocycles. The lowest BCUT2D eigenvalue weighted by Crippen LogP contribution is -2.38. The van der Waals surface area contributed by atoms with Gasteiger partial charge in [-0.25, -0.2) is 12.8 Å². The minimum Gasteiger partial charge on any atom is -0.393 e. The Bertz CT molecular complexity index is 953. The highest BCUT2D eigenvalue weighted by Crippen LogP contribution is 2.22. The van der Waals surface area contributed by atoms with Crippen LogP contribution in [0.5, 0.6) is 0 Å².